The predicted octanol–water partition coefficient (Wildman–Crippen LogP) is 7.97. The summed E-state index contributed by atoms with van der Waals surface area (Å²) in [5.74, 6) is -1.01. The van der Waals surface area contributed by atoms with Gasteiger partial charge in [-0.3, -0.25) is 14.4 Å². The normalized spacial score (nSPS) is 15.0. The van der Waals surface area contributed by atoms with Crippen LogP contribution in [0.25, 0.3) is 11.1 Å². The van der Waals surface area contributed by atoms with E-state index in [4.69, 9.17) is 4.74 Å². The molecule has 254 valence electrons. The number of rotatable bonds is 14. The van der Waals surface area contributed by atoms with Crippen molar-refractivity contribution in [2.75, 3.05) is 26.2 Å². The molecule has 1 aliphatic rings. The third kappa shape index (κ3) is 8.86. The molecule has 2 aromatic carbocycles. The average molecular weight is 645 g/mol. The van der Waals surface area contributed by atoms with Crippen LogP contribution in [-0.4, -0.2) is 47.5 Å². The molecule has 0 saturated carbocycles. The molecule has 7 heteroatoms. The molecule has 2 atom stereocenters. The van der Waals surface area contributed by atoms with Gasteiger partial charge in [-0.1, -0.05) is 38.5 Å². The molecule has 0 bridgehead atoms. The van der Waals surface area contributed by atoms with Crippen LogP contribution in [0.15, 0.2) is 41.3 Å². The first kappa shape index (κ1) is 36.3. The molecule has 4 rings (SSSR count). The fourth-order valence-corrected chi connectivity index (χ4v) is 7.29. The number of benzene rings is 2. The van der Waals surface area contributed by atoms with Crippen molar-refractivity contribution in [2.45, 2.75) is 100.0 Å². The summed E-state index contributed by atoms with van der Waals surface area (Å²) in [5.41, 5.74) is 7.69. The second-order valence-corrected chi connectivity index (χ2v) is 14.3. The molecule has 0 radical (unpaired) electrons. The number of hydrogen-bond acceptors (Lipinski definition) is 5. The number of hydrogen-bond donors (Lipinski definition) is 0. The van der Waals surface area contributed by atoms with E-state index in [9.17, 15) is 14.4 Å². The summed E-state index contributed by atoms with van der Waals surface area (Å²) in [7, 11) is 0. The maximum atomic E-state index is 16.1. The average Bonchev–Trinajstić information content (AvgIpc) is 2.95. The molecule has 0 N–H and O–H groups in total. The zero-order valence-corrected chi connectivity index (χ0v) is 29.8. The Morgan fingerprint density at radius 1 is 0.936 bits per heavy atom. The Morgan fingerprint density at radius 3 is 2.19 bits per heavy atom. The highest BCUT2D eigenvalue weighted by molar-refractivity contribution is 5.84. The Kier molecular flexibility index (Phi) is 12.0. The van der Waals surface area contributed by atoms with Crippen LogP contribution in [0.1, 0.15) is 97.9 Å². The first-order valence-electron chi connectivity index (χ1n) is 17.2. The van der Waals surface area contributed by atoms with Crippen molar-refractivity contribution in [1.29, 1.82) is 0 Å². The van der Waals surface area contributed by atoms with Crippen LogP contribution in [0.4, 0.5) is 4.39 Å². The first-order chi connectivity index (χ1) is 22.2. The summed E-state index contributed by atoms with van der Waals surface area (Å²) in [4.78, 5) is 43.1. The lowest BCUT2D eigenvalue weighted by atomic mass is 9.83. The van der Waals surface area contributed by atoms with Gasteiger partial charge in [0.25, 0.3) is 5.56 Å². The van der Waals surface area contributed by atoms with E-state index in [2.05, 4.69) is 30.9 Å². The van der Waals surface area contributed by atoms with Gasteiger partial charge in [-0.25, -0.2) is 4.39 Å². The van der Waals surface area contributed by atoms with Gasteiger partial charge in [0.1, 0.15) is 5.82 Å². The maximum Gasteiger partial charge on any atom is 0.306 e. The summed E-state index contributed by atoms with van der Waals surface area (Å²) >= 11 is 0. The number of aromatic nitrogens is 1. The molecule has 0 aliphatic carbocycles. The largest absolute Gasteiger partial charge is 0.466 e. The van der Waals surface area contributed by atoms with Crippen molar-refractivity contribution in [1.82, 2.24) is 9.47 Å². The number of ketones is 1. The molecule has 47 heavy (non-hydrogen) atoms. The highest BCUT2D eigenvalue weighted by Gasteiger charge is 2.31. The fourth-order valence-electron chi connectivity index (χ4n) is 7.29. The summed E-state index contributed by atoms with van der Waals surface area (Å²) in [5, 5.41) is 0. The smallest absolute Gasteiger partial charge is 0.306 e. The van der Waals surface area contributed by atoms with Gasteiger partial charge < -0.3 is 14.2 Å². The second kappa shape index (κ2) is 15.5. The van der Waals surface area contributed by atoms with E-state index in [0.717, 1.165) is 65.0 Å². The van der Waals surface area contributed by atoms with Crippen LogP contribution < -0.4 is 5.56 Å². The third-order valence-corrected chi connectivity index (χ3v) is 9.49. The highest BCUT2D eigenvalue weighted by atomic mass is 19.1. The van der Waals surface area contributed by atoms with Gasteiger partial charge in [0.05, 0.1) is 19.1 Å². The fraction of sp³-hybridized carbons (Fsp3) is 0.525. The molecule has 6 nitrogen and oxygen atoms in total. The van der Waals surface area contributed by atoms with Gasteiger partial charge in [-0.15, -0.1) is 0 Å². The number of nitrogens with zero attached hydrogens (tertiary/aromatic N) is 2. The molecular weight excluding hydrogens is 591 g/mol. The van der Waals surface area contributed by atoms with Crippen molar-refractivity contribution in [3.05, 3.63) is 91.6 Å². The number of likely N-dealkylation sites (tertiary alicyclic amines) is 1. The maximum absolute atomic E-state index is 16.1. The van der Waals surface area contributed by atoms with Crippen LogP contribution >= 0.6 is 0 Å². The lowest BCUT2D eigenvalue weighted by Crippen LogP contribution is -2.45. The Hall–Kier alpha value is -3.58. The number of ether oxygens (including phenoxy) is 1. The van der Waals surface area contributed by atoms with Gasteiger partial charge in [0.15, 0.2) is 5.78 Å². The summed E-state index contributed by atoms with van der Waals surface area (Å²) in [6, 6.07) is 8.74. The molecule has 1 saturated heterocycles. The third-order valence-electron chi connectivity index (χ3n) is 9.49. The molecule has 0 amide bonds. The molecule has 0 spiro atoms. The van der Waals surface area contributed by atoms with E-state index in [0.29, 0.717) is 23.5 Å². The number of pyridine rings is 1. The highest BCUT2D eigenvalue weighted by Crippen LogP contribution is 2.37. The van der Waals surface area contributed by atoms with Crippen molar-refractivity contribution in [2.24, 2.45) is 11.8 Å². The van der Waals surface area contributed by atoms with Crippen LogP contribution in [0, 0.1) is 52.3 Å². The molecule has 1 aliphatic heterocycles. The second-order valence-electron chi connectivity index (χ2n) is 14.3. The molecule has 2 heterocycles. The van der Waals surface area contributed by atoms with Crippen molar-refractivity contribution in [3.8, 4) is 11.1 Å². The Labute approximate surface area is 280 Å². The quantitative estimate of drug-likeness (QED) is 0.167. The number of aryl methyl sites for hydroxylation is 5. The standard InChI is InChI=1S/C40H53FN2O4/c1-10-47-38(46)20-32(34-18-33(16-30(9)40(34)41)39-28(7)14-25(4)15-29(39)8)19-36(44)35(13-24(2)3)43-23-31(27(6)17-37(43)45)11-12-42-21-26(5)22-42/h14-18,23-24,26,32,35H,10-13,19-22H2,1-9H3/t32-,35?/m0/s1. The first-order valence-corrected chi connectivity index (χ1v) is 17.2. The van der Waals surface area contributed by atoms with Gasteiger partial charge in [0, 0.05) is 44.2 Å². The Balaban J connectivity index is 1.74. The number of Topliss-reactive ketones (excluding diaryl/α,β-unsaturated/α-hetero) is 1. The van der Waals surface area contributed by atoms with E-state index in [1.54, 1.807) is 30.5 Å². The monoisotopic (exact) mass is 644 g/mol. The van der Waals surface area contributed by atoms with E-state index in [-0.39, 0.29) is 36.7 Å². The van der Waals surface area contributed by atoms with Gasteiger partial charge in [0.2, 0.25) is 0 Å². The predicted molar refractivity (Wildman–Crippen MR) is 188 cm³/mol. The van der Waals surface area contributed by atoms with Crippen LogP contribution in [0.5, 0.6) is 0 Å². The number of carbonyl (C=O) groups excluding carboxylic acids is 2. The van der Waals surface area contributed by atoms with Crippen LogP contribution in [0.2, 0.25) is 0 Å². The van der Waals surface area contributed by atoms with E-state index in [1.807, 2.05) is 46.9 Å². The van der Waals surface area contributed by atoms with E-state index < -0.39 is 23.7 Å². The lowest BCUT2D eigenvalue weighted by Gasteiger charge is -2.37. The molecule has 1 unspecified atom stereocenters. The number of carbonyl (C=O) groups is 2. The van der Waals surface area contributed by atoms with Gasteiger partial charge in [-0.2, -0.15) is 0 Å². The zero-order chi connectivity index (χ0) is 34.6. The number of esters is 1. The SMILES string of the molecule is CCOC(=O)C[C@H](CC(=O)C(CC(C)C)n1cc(CCN2CC(C)C2)c(C)cc1=O)c1cc(-c2c(C)cc(C)cc2C)cc(C)c1F. The van der Waals surface area contributed by atoms with Crippen LogP contribution in [-0.2, 0) is 20.7 Å². The number of halogens is 1. The van der Waals surface area contributed by atoms with E-state index in [1.165, 1.54) is 0 Å². The molecule has 3 aromatic rings. The van der Waals surface area contributed by atoms with Gasteiger partial charge in [-0.05, 0) is 123 Å². The summed E-state index contributed by atoms with van der Waals surface area (Å²) in [6.07, 6.45) is 2.88. The minimum Gasteiger partial charge on any atom is -0.466 e. The lowest BCUT2D eigenvalue weighted by molar-refractivity contribution is -0.143. The topological polar surface area (TPSA) is 68.6 Å². The molecule has 1 fully saturated rings. The Morgan fingerprint density at radius 2 is 1.60 bits per heavy atom. The van der Waals surface area contributed by atoms with E-state index >= 15 is 4.39 Å². The summed E-state index contributed by atoms with van der Waals surface area (Å²) < 4.78 is 23.0. The minimum atomic E-state index is -0.755. The van der Waals surface area contributed by atoms with Crippen LogP contribution in [0.3, 0.4) is 0 Å². The minimum absolute atomic E-state index is 0.0941. The zero-order valence-electron chi connectivity index (χ0n) is 29.8. The van der Waals surface area contributed by atoms with Crippen molar-refractivity contribution < 1.29 is 18.7 Å². The van der Waals surface area contributed by atoms with Gasteiger partial charge >= 0.3 is 5.97 Å². The molecule has 1 aromatic heterocycles. The summed E-state index contributed by atoms with van der Waals surface area (Å²) in [6.45, 7) is 21.1. The Bertz CT molecular complexity index is 1640. The van der Waals surface area contributed by atoms with Crippen molar-refractivity contribution >= 4 is 11.8 Å². The molecular formula is C40H53FN2O4. The van der Waals surface area contributed by atoms with Crippen molar-refractivity contribution in [3.63, 3.8) is 0 Å².